The van der Waals surface area contributed by atoms with Crippen molar-refractivity contribution in [1.82, 2.24) is 5.32 Å². The van der Waals surface area contributed by atoms with Crippen LogP contribution in [-0.4, -0.2) is 23.0 Å². The standard InChI is InChI=1S/C14H23NO3/c16-13(8-10-4-2-1-3-5-10)15-12-7-6-11(9-12)14(17)18/h10-12H,1-9H2,(H,15,16)(H,17,18)/t11-,12+/m0/s1. The number of amides is 1. The average Bonchev–Trinajstić information content (AvgIpc) is 2.78. The van der Waals surface area contributed by atoms with Gasteiger partial charge in [0.05, 0.1) is 5.92 Å². The fraction of sp³-hybridized carbons (Fsp3) is 0.857. The molecule has 4 heteroatoms. The maximum atomic E-state index is 11.9. The Morgan fingerprint density at radius 3 is 2.39 bits per heavy atom. The highest BCUT2D eigenvalue weighted by Gasteiger charge is 2.30. The van der Waals surface area contributed by atoms with Gasteiger partial charge < -0.3 is 10.4 Å². The highest BCUT2D eigenvalue weighted by molar-refractivity contribution is 5.77. The first-order chi connectivity index (χ1) is 8.65. The van der Waals surface area contributed by atoms with E-state index in [4.69, 9.17) is 5.11 Å². The minimum atomic E-state index is -0.723. The first-order valence-electron chi connectivity index (χ1n) is 7.17. The Bertz CT molecular complexity index is 310. The third-order valence-corrected chi connectivity index (χ3v) is 4.35. The SMILES string of the molecule is O=C(CC1CCCCC1)N[C@@H]1CC[C@H](C(=O)O)C1. The first kappa shape index (κ1) is 13.4. The molecule has 2 rings (SSSR count). The maximum absolute atomic E-state index is 11.9. The molecule has 2 aliphatic carbocycles. The largest absolute Gasteiger partial charge is 0.481 e. The van der Waals surface area contributed by atoms with Gasteiger partial charge in [-0.1, -0.05) is 19.3 Å². The Morgan fingerprint density at radius 1 is 1.06 bits per heavy atom. The van der Waals surface area contributed by atoms with E-state index in [0.717, 1.165) is 6.42 Å². The van der Waals surface area contributed by atoms with E-state index in [9.17, 15) is 9.59 Å². The molecule has 2 N–H and O–H groups in total. The lowest BCUT2D eigenvalue weighted by molar-refractivity contribution is -0.141. The van der Waals surface area contributed by atoms with Crippen molar-refractivity contribution in [2.75, 3.05) is 0 Å². The molecule has 18 heavy (non-hydrogen) atoms. The van der Waals surface area contributed by atoms with Crippen LogP contribution < -0.4 is 5.32 Å². The summed E-state index contributed by atoms with van der Waals surface area (Å²) < 4.78 is 0. The summed E-state index contributed by atoms with van der Waals surface area (Å²) in [4.78, 5) is 22.7. The lowest BCUT2D eigenvalue weighted by atomic mass is 9.87. The number of rotatable bonds is 4. The second kappa shape index (κ2) is 6.21. The summed E-state index contributed by atoms with van der Waals surface area (Å²) in [6.07, 6.45) is 8.91. The van der Waals surface area contributed by atoms with Crippen LogP contribution in [0.4, 0.5) is 0 Å². The molecule has 0 aliphatic heterocycles. The summed E-state index contributed by atoms with van der Waals surface area (Å²) in [7, 11) is 0. The second-order valence-electron chi connectivity index (χ2n) is 5.82. The molecule has 0 bridgehead atoms. The minimum Gasteiger partial charge on any atom is -0.481 e. The molecular formula is C14H23NO3. The van der Waals surface area contributed by atoms with Crippen LogP contribution in [0.3, 0.4) is 0 Å². The molecule has 0 saturated heterocycles. The van der Waals surface area contributed by atoms with E-state index in [0.29, 0.717) is 25.2 Å². The predicted octanol–water partition coefficient (Wildman–Crippen LogP) is 2.33. The molecule has 0 spiro atoms. The van der Waals surface area contributed by atoms with E-state index in [2.05, 4.69) is 5.32 Å². The summed E-state index contributed by atoms with van der Waals surface area (Å²) >= 11 is 0. The van der Waals surface area contributed by atoms with Crippen molar-refractivity contribution in [3.63, 3.8) is 0 Å². The van der Waals surface area contributed by atoms with Crippen LogP contribution in [-0.2, 0) is 9.59 Å². The number of carbonyl (C=O) groups excluding carboxylic acids is 1. The molecule has 2 saturated carbocycles. The van der Waals surface area contributed by atoms with Crippen LogP contribution >= 0.6 is 0 Å². The quantitative estimate of drug-likeness (QED) is 0.808. The van der Waals surface area contributed by atoms with Crippen LogP contribution in [0, 0.1) is 11.8 Å². The molecule has 2 atom stereocenters. The molecule has 0 aromatic heterocycles. The fourth-order valence-electron chi connectivity index (χ4n) is 3.28. The minimum absolute atomic E-state index is 0.0854. The molecule has 0 radical (unpaired) electrons. The van der Waals surface area contributed by atoms with Gasteiger partial charge in [0.2, 0.25) is 5.91 Å². The zero-order valence-corrected chi connectivity index (χ0v) is 10.9. The number of carboxylic acid groups (broad SMARTS) is 1. The molecule has 0 aromatic rings. The zero-order chi connectivity index (χ0) is 13.0. The van der Waals surface area contributed by atoms with Gasteiger partial charge >= 0.3 is 5.97 Å². The predicted molar refractivity (Wildman–Crippen MR) is 68.1 cm³/mol. The summed E-state index contributed by atoms with van der Waals surface area (Å²) in [5, 5.41) is 11.9. The highest BCUT2D eigenvalue weighted by atomic mass is 16.4. The third kappa shape index (κ3) is 3.72. The Kier molecular flexibility index (Phi) is 4.61. The van der Waals surface area contributed by atoms with Gasteiger partial charge in [-0.3, -0.25) is 9.59 Å². The van der Waals surface area contributed by atoms with Crippen LogP contribution in [0.15, 0.2) is 0 Å². The Hall–Kier alpha value is -1.06. The van der Waals surface area contributed by atoms with E-state index in [1.54, 1.807) is 0 Å². The van der Waals surface area contributed by atoms with E-state index >= 15 is 0 Å². The summed E-state index contributed by atoms with van der Waals surface area (Å²) in [5.74, 6) is -0.308. The van der Waals surface area contributed by atoms with Gasteiger partial charge in [-0.15, -0.1) is 0 Å². The summed E-state index contributed by atoms with van der Waals surface area (Å²) in [6.45, 7) is 0. The molecule has 0 unspecified atom stereocenters. The highest BCUT2D eigenvalue weighted by Crippen LogP contribution is 2.28. The van der Waals surface area contributed by atoms with Gasteiger partial charge in [0, 0.05) is 12.5 Å². The fourth-order valence-corrected chi connectivity index (χ4v) is 3.28. The van der Waals surface area contributed by atoms with Gasteiger partial charge in [-0.25, -0.2) is 0 Å². The number of aliphatic carboxylic acids is 1. The van der Waals surface area contributed by atoms with E-state index < -0.39 is 5.97 Å². The summed E-state index contributed by atoms with van der Waals surface area (Å²) in [5.41, 5.74) is 0. The van der Waals surface area contributed by atoms with Crippen molar-refractivity contribution < 1.29 is 14.7 Å². The van der Waals surface area contributed by atoms with Crippen molar-refractivity contribution in [3.8, 4) is 0 Å². The van der Waals surface area contributed by atoms with Crippen molar-refractivity contribution >= 4 is 11.9 Å². The number of hydrogen-bond donors (Lipinski definition) is 2. The van der Waals surface area contributed by atoms with Crippen LogP contribution in [0.2, 0.25) is 0 Å². The molecule has 4 nitrogen and oxygen atoms in total. The normalized spacial score (nSPS) is 29.1. The average molecular weight is 253 g/mol. The lowest BCUT2D eigenvalue weighted by Gasteiger charge is -2.22. The van der Waals surface area contributed by atoms with Crippen molar-refractivity contribution in [2.24, 2.45) is 11.8 Å². The van der Waals surface area contributed by atoms with Crippen molar-refractivity contribution in [2.45, 2.75) is 63.8 Å². The Labute approximate surface area is 108 Å². The maximum Gasteiger partial charge on any atom is 0.306 e. The van der Waals surface area contributed by atoms with Gasteiger partial charge in [0.25, 0.3) is 0 Å². The van der Waals surface area contributed by atoms with Crippen LogP contribution in [0.25, 0.3) is 0 Å². The lowest BCUT2D eigenvalue weighted by Crippen LogP contribution is -2.34. The summed E-state index contributed by atoms with van der Waals surface area (Å²) in [6, 6.07) is 0.0854. The van der Waals surface area contributed by atoms with Gasteiger partial charge in [-0.05, 0) is 38.0 Å². The van der Waals surface area contributed by atoms with E-state index in [-0.39, 0.29) is 17.9 Å². The van der Waals surface area contributed by atoms with E-state index in [1.165, 1.54) is 32.1 Å². The van der Waals surface area contributed by atoms with Crippen LogP contribution in [0.5, 0.6) is 0 Å². The van der Waals surface area contributed by atoms with Crippen molar-refractivity contribution in [3.05, 3.63) is 0 Å². The molecule has 0 aromatic carbocycles. The molecular weight excluding hydrogens is 230 g/mol. The number of nitrogens with one attached hydrogen (secondary N) is 1. The number of hydrogen-bond acceptors (Lipinski definition) is 2. The Morgan fingerprint density at radius 2 is 1.78 bits per heavy atom. The number of carboxylic acids is 1. The third-order valence-electron chi connectivity index (χ3n) is 4.35. The van der Waals surface area contributed by atoms with Crippen molar-refractivity contribution in [1.29, 1.82) is 0 Å². The van der Waals surface area contributed by atoms with Crippen LogP contribution in [0.1, 0.15) is 57.8 Å². The van der Waals surface area contributed by atoms with E-state index in [1.807, 2.05) is 0 Å². The molecule has 1 amide bonds. The first-order valence-corrected chi connectivity index (χ1v) is 7.17. The van der Waals surface area contributed by atoms with Gasteiger partial charge in [0.15, 0.2) is 0 Å². The molecule has 0 heterocycles. The van der Waals surface area contributed by atoms with Gasteiger partial charge in [-0.2, -0.15) is 0 Å². The topological polar surface area (TPSA) is 66.4 Å². The zero-order valence-electron chi connectivity index (χ0n) is 10.9. The van der Waals surface area contributed by atoms with Gasteiger partial charge in [0.1, 0.15) is 0 Å². The molecule has 2 fully saturated rings. The monoisotopic (exact) mass is 253 g/mol. The smallest absolute Gasteiger partial charge is 0.306 e. The number of carbonyl (C=O) groups is 2. The second-order valence-corrected chi connectivity index (χ2v) is 5.82. The molecule has 2 aliphatic rings. The Balaban J connectivity index is 1.69. The molecule has 102 valence electrons.